The molecule has 3 N–H and O–H groups in total. The second-order valence-electron chi connectivity index (χ2n) is 11.4. The maximum atomic E-state index is 13.3. The fourth-order valence-corrected chi connectivity index (χ4v) is 5.82. The summed E-state index contributed by atoms with van der Waals surface area (Å²) in [6.07, 6.45) is 9.51. The first-order chi connectivity index (χ1) is 20.4. The molecule has 0 aliphatic carbocycles. The molecule has 1 unspecified atom stereocenters. The van der Waals surface area contributed by atoms with Crippen LogP contribution in [0.1, 0.15) is 67.7 Å². The fourth-order valence-electron chi connectivity index (χ4n) is 5.82. The molecule has 10 heteroatoms. The Balaban J connectivity index is 1.32. The van der Waals surface area contributed by atoms with Gasteiger partial charge in [-0.05, 0) is 92.8 Å². The number of carboxylic acids is 1. The average molecular weight is 583 g/mol. The van der Waals surface area contributed by atoms with Gasteiger partial charge in [-0.1, -0.05) is 18.2 Å². The maximum absolute atomic E-state index is 13.3. The van der Waals surface area contributed by atoms with E-state index in [1.54, 1.807) is 12.4 Å². The zero-order chi connectivity index (χ0) is 29.7. The van der Waals surface area contributed by atoms with Crippen LogP contribution in [0.5, 0.6) is 5.75 Å². The molecule has 1 aromatic heterocycles. The van der Waals surface area contributed by atoms with Gasteiger partial charge in [-0.3, -0.25) is 19.4 Å². The number of rotatable bonds is 14. The summed E-state index contributed by atoms with van der Waals surface area (Å²) < 4.78 is 17.6. The van der Waals surface area contributed by atoms with E-state index in [4.69, 9.17) is 4.74 Å². The number of pyridine rings is 1. The lowest BCUT2D eigenvalue weighted by molar-refractivity contribution is -0.138. The molecule has 2 aliphatic rings. The summed E-state index contributed by atoms with van der Waals surface area (Å²) in [5.41, 5.74) is 2.65. The monoisotopic (exact) mass is 582 g/mol. The van der Waals surface area contributed by atoms with Gasteiger partial charge < -0.3 is 25.4 Å². The standard InChI is InChI=1S/C32H43FN4O5/c33-13-17-42-28-8-5-23(6-9-28)3-4-25-18-27(21-35-20-25)29(19-31(39)40)36-32(41)26-2-1-16-37(22-26)30(38)10-7-24-11-14-34-15-12-24/h5-6,8-9,18,20-21,24,26,29,34H,1-4,7,10-17,19,22H2,(H,36,41)(H,39,40)/t26-,29?/m1/s1. The number of nitrogens with zero attached hydrogens (tertiary/aromatic N) is 2. The van der Waals surface area contributed by atoms with E-state index >= 15 is 0 Å². The summed E-state index contributed by atoms with van der Waals surface area (Å²) in [6, 6.07) is 8.67. The number of carbonyl (C=O) groups excluding carboxylic acids is 2. The highest BCUT2D eigenvalue weighted by atomic mass is 19.1. The Morgan fingerprint density at radius 2 is 1.86 bits per heavy atom. The van der Waals surface area contributed by atoms with Gasteiger partial charge >= 0.3 is 5.97 Å². The number of likely N-dealkylation sites (tertiary alicyclic amines) is 1. The smallest absolute Gasteiger partial charge is 0.305 e. The third kappa shape index (κ3) is 9.79. The highest BCUT2D eigenvalue weighted by molar-refractivity contribution is 5.82. The Bertz CT molecular complexity index is 1170. The van der Waals surface area contributed by atoms with Crippen molar-refractivity contribution in [3.8, 4) is 5.75 Å². The third-order valence-corrected chi connectivity index (χ3v) is 8.26. The molecule has 0 bridgehead atoms. The molecule has 0 radical (unpaired) electrons. The summed E-state index contributed by atoms with van der Waals surface area (Å²) in [7, 11) is 0. The number of piperidine rings is 2. The zero-order valence-electron chi connectivity index (χ0n) is 24.2. The number of benzene rings is 1. The number of nitrogens with one attached hydrogen (secondary N) is 2. The van der Waals surface area contributed by atoms with Gasteiger partial charge in [-0.2, -0.15) is 0 Å². The SMILES string of the molecule is O=C(O)CC(NC(=O)[C@@H]1CCCN(C(=O)CCC2CCNCC2)C1)c1cncc(CCc2ccc(OCCF)cc2)c1. The minimum atomic E-state index is -1.01. The van der Waals surface area contributed by atoms with Crippen molar-refractivity contribution >= 4 is 17.8 Å². The number of carbonyl (C=O) groups is 3. The van der Waals surface area contributed by atoms with Gasteiger partial charge in [0, 0.05) is 31.9 Å². The van der Waals surface area contributed by atoms with Crippen molar-refractivity contribution in [3.05, 3.63) is 59.4 Å². The molecule has 2 aliphatic heterocycles. The van der Waals surface area contributed by atoms with E-state index in [0.29, 0.717) is 49.6 Å². The molecule has 2 saturated heterocycles. The van der Waals surface area contributed by atoms with E-state index in [0.717, 1.165) is 56.3 Å². The van der Waals surface area contributed by atoms with Crippen molar-refractivity contribution in [1.82, 2.24) is 20.5 Å². The van der Waals surface area contributed by atoms with Crippen LogP contribution in [-0.2, 0) is 27.2 Å². The predicted molar refractivity (Wildman–Crippen MR) is 157 cm³/mol. The summed E-state index contributed by atoms with van der Waals surface area (Å²) in [5, 5.41) is 15.9. The Hall–Kier alpha value is -3.53. The van der Waals surface area contributed by atoms with Crippen LogP contribution < -0.4 is 15.4 Å². The van der Waals surface area contributed by atoms with E-state index in [-0.39, 0.29) is 30.8 Å². The van der Waals surface area contributed by atoms with Crippen LogP contribution in [-0.4, -0.2) is 72.2 Å². The Morgan fingerprint density at radius 3 is 2.60 bits per heavy atom. The molecule has 228 valence electrons. The van der Waals surface area contributed by atoms with Crippen molar-refractivity contribution in [2.24, 2.45) is 11.8 Å². The molecule has 0 saturated carbocycles. The van der Waals surface area contributed by atoms with E-state index in [9.17, 15) is 23.9 Å². The lowest BCUT2D eigenvalue weighted by Gasteiger charge is -2.33. The third-order valence-electron chi connectivity index (χ3n) is 8.26. The Kier molecular flexibility index (Phi) is 12.1. The number of aryl methyl sites for hydroxylation is 2. The van der Waals surface area contributed by atoms with Gasteiger partial charge in [0.15, 0.2) is 0 Å². The van der Waals surface area contributed by atoms with Crippen LogP contribution in [0.25, 0.3) is 0 Å². The van der Waals surface area contributed by atoms with Crippen LogP contribution in [0.3, 0.4) is 0 Å². The normalized spacial score (nSPS) is 18.3. The quantitative estimate of drug-likeness (QED) is 0.309. The number of ether oxygens (including phenoxy) is 1. The van der Waals surface area contributed by atoms with Gasteiger partial charge in [-0.25, -0.2) is 4.39 Å². The molecule has 42 heavy (non-hydrogen) atoms. The lowest BCUT2D eigenvalue weighted by Crippen LogP contribution is -2.46. The topological polar surface area (TPSA) is 121 Å². The molecule has 2 atom stereocenters. The van der Waals surface area contributed by atoms with Crippen LogP contribution in [0.2, 0.25) is 0 Å². The Labute approximate surface area is 247 Å². The van der Waals surface area contributed by atoms with Crippen molar-refractivity contribution in [2.45, 2.75) is 63.8 Å². The number of halogens is 1. The molecule has 0 spiro atoms. The van der Waals surface area contributed by atoms with E-state index in [2.05, 4.69) is 15.6 Å². The second kappa shape index (κ2) is 16.2. The molecule has 2 fully saturated rings. The summed E-state index contributed by atoms with van der Waals surface area (Å²) in [6.45, 7) is 2.54. The van der Waals surface area contributed by atoms with Crippen LogP contribution in [0.4, 0.5) is 4.39 Å². The van der Waals surface area contributed by atoms with Crippen LogP contribution >= 0.6 is 0 Å². The van der Waals surface area contributed by atoms with E-state index in [1.165, 1.54) is 0 Å². The first kappa shape index (κ1) is 31.4. The van der Waals surface area contributed by atoms with Crippen LogP contribution in [0, 0.1) is 11.8 Å². The number of aliphatic carboxylic acids is 1. The van der Waals surface area contributed by atoms with Gasteiger partial charge in [0.25, 0.3) is 0 Å². The first-order valence-electron chi connectivity index (χ1n) is 15.1. The van der Waals surface area contributed by atoms with Crippen molar-refractivity contribution in [2.75, 3.05) is 39.5 Å². The molecule has 2 aromatic rings. The van der Waals surface area contributed by atoms with Gasteiger partial charge in [-0.15, -0.1) is 0 Å². The number of alkyl halides is 1. The van der Waals surface area contributed by atoms with E-state index < -0.39 is 18.7 Å². The van der Waals surface area contributed by atoms with Crippen LogP contribution in [0.15, 0.2) is 42.7 Å². The maximum Gasteiger partial charge on any atom is 0.305 e. The molecular weight excluding hydrogens is 539 g/mol. The highest BCUT2D eigenvalue weighted by Crippen LogP contribution is 2.24. The number of hydrogen-bond donors (Lipinski definition) is 3. The Morgan fingerprint density at radius 1 is 1.10 bits per heavy atom. The zero-order valence-corrected chi connectivity index (χ0v) is 24.2. The van der Waals surface area contributed by atoms with Crippen molar-refractivity contribution in [3.63, 3.8) is 0 Å². The van der Waals surface area contributed by atoms with E-state index in [1.807, 2.05) is 35.2 Å². The molecule has 3 heterocycles. The lowest BCUT2D eigenvalue weighted by atomic mass is 9.92. The number of hydrogen-bond acceptors (Lipinski definition) is 6. The molecular formula is C32H43FN4O5. The first-order valence-corrected chi connectivity index (χ1v) is 15.1. The summed E-state index contributed by atoms with van der Waals surface area (Å²) in [4.78, 5) is 44.1. The number of amides is 2. The fraction of sp³-hybridized carbons (Fsp3) is 0.562. The summed E-state index contributed by atoms with van der Waals surface area (Å²) in [5.74, 6) is -0.307. The minimum Gasteiger partial charge on any atom is -0.491 e. The molecule has 2 amide bonds. The molecule has 4 rings (SSSR count). The van der Waals surface area contributed by atoms with Crippen molar-refractivity contribution < 1.29 is 28.6 Å². The van der Waals surface area contributed by atoms with Gasteiger partial charge in [0.05, 0.1) is 18.4 Å². The highest BCUT2D eigenvalue weighted by Gasteiger charge is 2.30. The average Bonchev–Trinajstić information content (AvgIpc) is 3.02. The van der Waals surface area contributed by atoms with Gasteiger partial charge in [0.1, 0.15) is 19.0 Å². The summed E-state index contributed by atoms with van der Waals surface area (Å²) >= 11 is 0. The molecule has 9 nitrogen and oxygen atoms in total. The predicted octanol–water partition coefficient (Wildman–Crippen LogP) is 3.87. The number of carboxylic acid groups (broad SMARTS) is 1. The van der Waals surface area contributed by atoms with Crippen molar-refractivity contribution in [1.29, 1.82) is 0 Å². The van der Waals surface area contributed by atoms with Gasteiger partial charge in [0.2, 0.25) is 11.8 Å². The minimum absolute atomic E-state index is 0.0294. The largest absolute Gasteiger partial charge is 0.491 e. The number of aromatic nitrogens is 1. The molecule has 1 aromatic carbocycles. The second-order valence-corrected chi connectivity index (χ2v) is 11.4.